The zero-order valence-electron chi connectivity index (χ0n) is 13.4. The average molecular weight is 333 g/mol. The van der Waals surface area contributed by atoms with Gasteiger partial charge in [0, 0.05) is 25.7 Å². The molecule has 0 spiro atoms. The number of aryl methyl sites for hydroxylation is 1. The van der Waals surface area contributed by atoms with Crippen molar-refractivity contribution < 1.29 is 9.13 Å². The van der Waals surface area contributed by atoms with Crippen LogP contribution in [-0.4, -0.2) is 51.9 Å². The lowest BCUT2D eigenvalue weighted by atomic mass is 10.1. The van der Waals surface area contributed by atoms with Gasteiger partial charge in [-0.3, -0.25) is 4.99 Å². The van der Waals surface area contributed by atoms with E-state index >= 15 is 0 Å². The van der Waals surface area contributed by atoms with Crippen molar-refractivity contribution in [1.29, 1.82) is 0 Å². The van der Waals surface area contributed by atoms with Crippen molar-refractivity contribution in [3.8, 4) is 5.88 Å². The topological polar surface area (TPSA) is 89.2 Å². The minimum absolute atomic E-state index is 0.00763. The minimum atomic E-state index is -0.467. The number of rotatable bonds is 5. The molecule has 128 valence electrons. The second-order valence-electron chi connectivity index (χ2n) is 5.38. The van der Waals surface area contributed by atoms with Crippen molar-refractivity contribution in [2.75, 3.05) is 20.2 Å². The van der Waals surface area contributed by atoms with Gasteiger partial charge >= 0.3 is 0 Å². The number of guanidine groups is 1. The fourth-order valence-electron chi connectivity index (χ4n) is 2.54. The molecule has 0 aromatic carbocycles. The van der Waals surface area contributed by atoms with Gasteiger partial charge < -0.3 is 15.4 Å². The molecule has 2 aromatic heterocycles. The van der Waals surface area contributed by atoms with E-state index in [0.717, 1.165) is 25.2 Å². The molecule has 24 heavy (non-hydrogen) atoms. The number of ether oxygens (including phenoxy) is 1. The maximum absolute atomic E-state index is 13.4. The Balaban J connectivity index is 1.42. The lowest BCUT2D eigenvalue weighted by Gasteiger charge is -2.25. The number of fused-ring (bicyclic) bond motifs is 1. The van der Waals surface area contributed by atoms with E-state index in [1.807, 2.05) is 4.68 Å². The number of hydrogen-bond acceptors (Lipinski definition) is 5. The maximum Gasteiger partial charge on any atom is 0.250 e. The Kier molecular flexibility index (Phi) is 5.19. The molecule has 0 aliphatic carbocycles. The second kappa shape index (κ2) is 7.71. The Bertz CT molecular complexity index is 703. The van der Waals surface area contributed by atoms with E-state index in [2.05, 4.69) is 30.7 Å². The summed E-state index contributed by atoms with van der Waals surface area (Å²) in [4.78, 5) is 12.2. The number of aromatic nitrogens is 4. The quantitative estimate of drug-likeness (QED) is 0.467. The maximum atomic E-state index is 13.4. The molecule has 3 rings (SSSR count). The van der Waals surface area contributed by atoms with Crippen LogP contribution in [0.5, 0.6) is 5.88 Å². The largest absolute Gasteiger partial charge is 0.474 e. The Morgan fingerprint density at radius 2 is 2.42 bits per heavy atom. The second-order valence-corrected chi connectivity index (χ2v) is 5.38. The molecule has 1 aliphatic heterocycles. The number of halogens is 1. The standard InChI is InChI=1S/C15H20FN7O/c1-17-15(19-7-8-24-14-12(16)3-2-6-18-14)22-11-4-5-13-20-10-21-23(13)9-11/h2-3,6,10-11H,4-5,7-9H2,1H3,(H2,17,19,22). The summed E-state index contributed by atoms with van der Waals surface area (Å²) in [6.07, 6.45) is 4.93. The summed E-state index contributed by atoms with van der Waals surface area (Å²) in [6, 6.07) is 3.08. The first-order valence-electron chi connectivity index (χ1n) is 7.83. The van der Waals surface area contributed by atoms with Crippen molar-refractivity contribution >= 4 is 5.96 Å². The molecule has 2 aromatic rings. The summed E-state index contributed by atoms with van der Waals surface area (Å²) in [5, 5.41) is 10.7. The predicted octanol–water partition coefficient (Wildman–Crippen LogP) is 0.371. The summed E-state index contributed by atoms with van der Waals surface area (Å²) in [5.74, 6) is 1.23. The number of nitrogens with one attached hydrogen (secondary N) is 2. The fraction of sp³-hybridized carbons (Fsp3) is 0.467. The lowest BCUT2D eigenvalue weighted by Crippen LogP contribution is -2.47. The van der Waals surface area contributed by atoms with Gasteiger partial charge in [0.1, 0.15) is 18.8 Å². The van der Waals surface area contributed by atoms with E-state index in [4.69, 9.17) is 4.74 Å². The van der Waals surface area contributed by atoms with Crippen molar-refractivity contribution in [1.82, 2.24) is 30.4 Å². The van der Waals surface area contributed by atoms with E-state index in [1.165, 1.54) is 18.3 Å². The average Bonchev–Trinajstić information content (AvgIpc) is 3.06. The number of hydrogen-bond donors (Lipinski definition) is 2. The third kappa shape index (κ3) is 3.98. The van der Waals surface area contributed by atoms with Gasteiger partial charge in [0.25, 0.3) is 0 Å². The summed E-state index contributed by atoms with van der Waals surface area (Å²) in [5.41, 5.74) is 0. The third-order valence-corrected chi connectivity index (χ3v) is 3.73. The molecule has 8 nitrogen and oxygen atoms in total. The van der Waals surface area contributed by atoms with Gasteiger partial charge in [-0.05, 0) is 18.6 Å². The fourth-order valence-corrected chi connectivity index (χ4v) is 2.54. The molecule has 0 fully saturated rings. The minimum Gasteiger partial charge on any atom is -0.474 e. The monoisotopic (exact) mass is 333 g/mol. The highest BCUT2D eigenvalue weighted by atomic mass is 19.1. The molecule has 0 saturated heterocycles. The molecular weight excluding hydrogens is 313 g/mol. The molecule has 1 unspecified atom stereocenters. The molecule has 0 bridgehead atoms. The Morgan fingerprint density at radius 1 is 1.50 bits per heavy atom. The summed E-state index contributed by atoms with van der Waals surface area (Å²) in [7, 11) is 1.71. The first-order valence-corrected chi connectivity index (χ1v) is 7.83. The smallest absolute Gasteiger partial charge is 0.250 e. The Hall–Kier alpha value is -2.71. The molecule has 1 atom stereocenters. The number of aliphatic imine (C=N–C) groups is 1. The van der Waals surface area contributed by atoms with Gasteiger partial charge in [-0.25, -0.2) is 19.0 Å². The highest BCUT2D eigenvalue weighted by molar-refractivity contribution is 5.79. The lowest BCUT2D eigenvalue weighted by molar-refractivity contribution is 0.292. The van der Waals surface area contributed by atoms with Crippen LogP contribution in [0.15, 0.2) is 29.6 Å². The van der Waals surface area contributed by atoms with Gasteiger partial charge in [0.15, 0.2) is 11.8 Å². The van der Waals surface area contributed by atoms with Crippen LogP contribution in [0.1, 0.15) is 12.2 Å². The van der Waals surface area contributed by atoms with Crippen LogP contribution < -0.4 is 15.4 Å². The van der Waals surface area contributed by atoms with E-state index in [9.17, 15) is 4.39 Å². The summed E-state index contributed by atoms with van der Waals surface area (Å²) >= 11 is 0. The van der Waals surface area contributed by atoms with E-state index < -0.39 is 5.82 Å². The molecule has 9 heteroatoms. The van der Waals surface area contributed by atoms with Gasteiger partial charge in [0.05, 0.1) is 13.1 Å². The van der Waals surface area contributed by atoms with Crippen molar-refractivity contribution in [2.24, 2.45) is 4.99 Å². The highest BCUT2D eigenvalue weighted by Crippen LogP contribution is 2.11. The molecule has 3 heterocycles. The van der Waals surface area contributed by atoms with Crippen LogP contribution in [-0.2, 0) is 13.0 Å². The third-order valence-electron chi connectivity index (χ3n) is 3.73. The first kappa shape index (κ1) is 16.2. The summed E-state index contributed by atoms with van der Waals surface area (Å²) < 4.78 is 20.6. The Morgan fingerprint density at radius 3 is 3.25 bits per heavy atom. The van der Waals surface area contributed by atoms with Crippen molar-refractivity contribution in [2.45, 2.75) is 25.4 Å². The predicted molar refractivity (Wildman–Crippen MR) is 86.3 cm³/mol. The number of pyridine rings is 1. The molecule has 1 aliphatic rings. The van der Waals surface area contributed by atoms with Crippen molar-refractivity contribution in [3.63, 3.8) is 0 Å². The van der Waals surface area contributed by atoms with Crippen molar-refractivity contribution in [3.05, 3.63) is 36.3 Å². The SMILES string of the molecule is CN=C(NCCOc1ncccc1F)NC1CCc2ncnn2C1. The molecule has 0 saturated carbocycles. The molecule has 0 radical (unpaired) electrons. The van der Waals surface area contributed by atoms with Crippen LogP contribution in [0.25, 0.3) is 0 Å². The normalized spacial score (nSPS) is 17.2. The van der Waals surface area contributed by atoms with Crippen LogP contribution in [0, 0.1) is 5.82 Å². The molecular formula is C15H20FN7O. The zero-order chi connectivity index (χ0) is 16.8. The van der Waals surface area contributed by atoms with E-state index in [1.54, 1.807) is 13.4 Å². The van der Waals surface area contributed by atoms with Crippen LogP contribution in [0.3, 0.4) is 0 Å². The van der Waals surface area contributed by atoms with Crippen LogP contribution in [0.2, 0.25) is 0 Å². The van der Waals surface area contributed by atoms with E-state index in [0.29, 0.717) is 12.5 Å². The van der Waals surface area contributed by atoms with Gasteiger partial charge in [0.2, 0.25) is 5.88 Å². The molecule has 0 amide bonds. The summed E-state index contributed by atoms with van der Waals surface area (Å²) in [6.45, 7) is 1.52. The van der Waals surface area contributed by atoms with Gasteiger partial charge in [-0.1, -0.05) is 0 Å². The zero-order valence-corrected chi connectivity index (χ0v) is 13.4. The first-order chi connectivity index (χ1) is 11.8. The van der Waals surface area contributed by atoms with E-state index in [-0.39, 0.29) is 18.5 Å². The van der Waals surface area contributed by atoms with Crippen LogP contribution >= 0.6 is 0 Å². The molecule has 2 N–H and O–H groups in total. The van der Waals surface area contributed by atoms with Gasteiger partial charge in [-0.15, -0.1) is 0 Å². The van der Waals surface area contributed by atoms with Gasteiger partial charge in [-0.2, -0.15) is 5.10 Å². The van der Waals surface area contributed by atoms with Crippen LogP contribution in [0.4, 0.5) is 4.39 Å². The number of nitrogens with zero attached hydrogens (tertiary/aromatic N) is 5. The highest BCUT2D eigenvalue weighted by Gasteiger charge is 2.20. The Labute approximate surface area is 139 Å².